The lowest BCUT2D eigenvalue weighted by atomic mass is 10.1. The molecule has 0 aliphatic carbocycles. The van der Waals surface area contributed by atoms with Crippen molar-refractivity contribution in [3.63, 3.8) is 0 Å². The maximum Gasteiger partial charge on any atom is 0.573 e. The Morgan fingerprint density at radius 2 is 1.77 bits per heavy atom. The summed E-state index contributed by atoms with van der Waals surface area (Å²) in [6, 6.07) is 14.1. The monoisotopic (exact) mass is 362 g/mol. The van der Waals surface area contributed by atoms with Gasteiger partial charge >= 0.3 is 6.36 Å². The van der Waals surface area contributed by atoms with Gasteiger partial charge in [-0.2, -0.15) is 5.26 Å². The van der Waals surface area contributed by atoms with E-state index in [1.807, 2.05) is 6.07 Å². The van der Waals surface area contributed by atoms with Gasteiger partial charge in [-0.05, 0) is 48.7 Å². The first kappa shape index (κ1) is 19.3. The number of nitrogens with zero attached hydrogens (tertiary/aromatic N) is 1. The van der Waals surface area contributed by atoms with E-state index in [-0.39, 0.29) is 24.1 Å². The molecule has 26 heavy (non-hydrogen) atoms. The number of nitrogens with one attached hydrogen (secondary N) is 1. The van der Waals surface area contributed by atoms with Gasteiger partial charge in [0.25, 0.3) is 0 Å². The third-order valence-corrected chi connectivity index (χ3v) is 3.71. The molecular formula is C19H17F3N2O2. The maximum atomic E-state index is 12.1. The van der Waals surface area contributed by atoms with Crippen molar-refractivity contribution in [3.05, 3.63) is 65.2 Å². The van der Waals surface area contributed by atoms with Crippen LogP contribution in [0.1, 0.15) is 36.1 Å². The summed E-state index contributed by atoms with van der Waals surface area (Å²) >= 11 is 0. The van der Waals surface area contributed by atoms with Crippen molar-refractivity contribution >= 4 is 5.91 Å². The highest BCUT2D eigenvalue weighted by atomic mass is 19.4. The van der Waals surface area contributed by atoms with Crippen molar-refractivity contribution in [1.29, 1.82) is 5.26 Å². The molecule has 0 saturated heterocycles. The predicted octanol–water partition coefficient (Wildman–Crippen LogP) is 4.27. The molecule has 1 atom stereocenters. The molecule has 0 radical (unpaired) electrons. The van der Waals surface area contributed by atoms with Gasteiger partial charge in [-0.3, -0.25) is 4.79 Å². The second kappa shape index (κ2) is 8.39. The van der Waals surface area contributed by atoms with E-state index in [1.54, 1.807) is 31.2 Å². The average Bonchev–Trinajstić information content (AvgIpc) is 2.59. The molecule has 0 spiro atoms. The van der Waals surface area contributed by atoms with Gasteiger partial charge in [-0.1, -0.05) is 24.3 Å². The van der Waals surface area contributed by atoms with Gasteiger partial charge in [-0.25, -0.2) is 0 Å². The van der Waals surface area contributed by atoms with E-state index in [0.29, 0.717) is 17.5 Å². The molecule has 7 heteroatoms. The molecule has 0 heterocycles. The number of benzene rings is 2. The van der Waals surface area contributed by atoms with Crippen LogP contribution in [0.25, 0.3) is 0 Å². The highest BCUT2D eigenvalue weighted by Crippen LogP contribution is 2.24. The van der Waals surface area contributed by atoms with E-state index in [1.165, 1.54) is 24.3 Å². The smallest absolute Gasteiger partial charge is 0.406 e. The largest absolute Gasteiger partial charge is 0.573 e. The van der Waals surface area contributed by atoms with E-state index in [0.717, 1.165) is 5.56 Å². The number of amides is 1. The van der Waals surface area contributed by atoms with Crippen LogP contribution < -0.4 is 10.1 Å². The number of alkyl halides is 3. The molecule has 136 valence electrons. The fourth-order valence-electron chi connectivity index (χ4n) is 2.36. The van der Waals surface area contributed by atoms with Crippen molar-refractivity contribution in [2.24, 2.45) is 0 Å². The molecule has 2 aromatic rings. The molecule has 0 aliphatic rings. The highest BCUT2D eigenvalue weighted by molar-refractivity contribution is 5.76. The topological polar surface area (TPSA) is 62.1 Å². The Morgan fingerprint density at radius 1 is 1.15 bits per heavy atom. The summed E-state index contributed by atoms with van der Waals surface area (Å²) in [7, 11) is 0. The minimum atomic E-state index is -4.73. The van der Waals surface area contributed by atoms with E-state index >= 15 is 0 Å². The van der Waals surface area contributed by atoms with Crippen LogP contribution in [0.2, 0.25) is 0 Å². The zero-order chi connectivity index (χ0) is 19.2. The number of halogens is 3. The normalized spacial score (nSPS) is 12.1. The molecule has 2 aromatic carbocycles. The van der Waals surface area contributed by atoms with E-state index in [4.69, 9.17) is 5.26 Å². The van der Waals surface area contributed by atoms with Gasteiger partial charge in [0.2, 0.25) is 5.91 Å². The molecule has 4 nitrogen and oxygen atoms in total. The minimum absolute atomic E-state index is 0.169. The van der Waals surface area contributed by atoms with Gasteiger partial charge in [-0.15, -0.1) is 13.2 Å². The van der Waals surface area contributed by atoms with E-state index in [9.17, 15) is 18.0 Å². The lowest BCUT2D eigenvalue weighted by Crippen LogP contribution is -2.26. The molecule has 0 aliphatic heterocycles. The van der Waals surface area contributed by atoms with Crippen molar-refractivity contribution in [3.8, 4) is 11.8 Å². The fraction of sp³-hybridized carbons (Fsp3) is 0.263. The first-order chi connectivity index (χ1) is 12.3. The summed E-state index contributed by atoms with van der Waals surface area (Å²) in [4.78, 5) is 12.0. The van der Waals surface area contributed by atoms with Gasteiger partial charge in [0.1, 0.15) is 5.75 Å². The van der Waals surface area contributed by atoms with E-state index < -0.39 is 6.36 Å². The Kier molecular flexibility index (Phi) is 6.23. The number of carbonyl (C=O) groups is 1. The summed E-state index contributed by atoms with van der Waals surface area (Å²) in [6.45, 7) is 1.75. The summed E-state index contributed by atoms with van der Waals surface area (Å²) in [5.41, 5.74) is 2.18. The molecule has 2 rings (SSSR count). The lowest BCUT2D eigenvalue weighted by Gasteiger charge is -2.15. The Bertz CT molecular complexity index is 778. The summed E-state index contributed by atoms with van der Waals surface area (Å²) in [5, 5.41) is 11.6. The molecule has 0 aromatic heterocycles. The molecule has 1 amide bonds. The predicted molar refractivity (Wildman–Crippen MR) is 89.2 cm³/mol. The first-order valence-electron chi connectivity index (χ1n) is 7.91. The van der Waals surface area contributed by atoms with Crippen LogP contribution in [0.3, 0.4) is 0 Å². The second-order valence-corrected chi connectivity index (χ2v) is 5.71. The Balaban J connectivity index is 1.85. The lowest BCUT2D eigenvalue weighted by molar-refractivity contribution is -0.274. The molecule has 0 bridgehead atoms. The summed E-state index contributed by atoms with van der Waals surface area (Å²) < 4.78 is 40.2. The van der Waals surface area contributed by atoms with Crippen LogP contribution in [0.5, 0.6) is 5.75 Å². The standard InChI is InChI=1S/C19H17F3N2O2/c1-13(16-7-9-17(10-8-16)26-19(20,21)22)24-18(25)11-6-14-2-4-15(12-23)5-3-14/h2-5,7-10,13H,6,11H2,1H3,(H,24,25). The number of hydrogen-bond acceptors (Lipinski definition) is 3. The minimum Gasteiger partial charge on any atom is -0.406 e. The SMILES string of the molecule is CC(NC(=O)CCc1ccc(C#N)cc1)c1ccc(OC(F)(F)F)cc1. The van der Waals surface area contributed by atoms with Gasteiger partial charge in [0, 0.05) is 6.42 Å². The number of nitriles is 1. The number of carbonyl (C=O) groups excluding carboxylic acids is 1. The number of aryl methyl sites for hydroxylation is 1. The van der Waals surface area contributed by atoms with Gasteiger partial charge in [0.15, 0.2) is 0 Å². The number of rotatable bonds is 6. The quantitative estimate of drug-likeness (QED) is 0.835. The Morgan fingerprint density at radius 3 is 2.31 bits per heavy atom. The molecule has 0 saturated carbocycles. The number of hydrogen-bond donors (Lipinski definition) is 1. The van der Waals surface area contributed by atoms with Crippen LogP contribution in [0.15, 0.2) is 48.5 Å². The zero-order valence-corrected chi connectivity index (χ0v) is 14.0. The summed E-state index contributed by atoms with van der Waals surface area (Å²) in [5.74, 6) is -0.474. The highest BCUT2D eigenvalue weighted by Gasteiger charge is 2.31. The summed E-state index contributed by atoms with van der Waals surface area (Å²) in [6.07, 6.45) is -3.93. The fourth-order valence-corrected chi connectivity index (χ4v) is 2.36. The second-order valence-electron chi connectivity index (χ2n) is 5.71. The number of ether oxygens (including phenoxy) is 1. The van der Waals surface area contributed by atoms with Crippen LogP contribution in [-0.4, -0.2) is 12.3 Å². The van der Waals surface area contributed by atoms with Crippen LogP contribution in [0.4, 0.5) is 13.2 Å². The first-order valence-corrected chi connectivity index (χ1v) is 7.91. The third kappa shape index (κ3) is 6.13. The van der Waals surface area contributed by atoms with E-state index in [2.05, 4.69) is 10.1 Å². The molecular weight excluding hydrogens is 345 g/mol. The molecule has 1 unspecified atom stereocenters. The Labute approximate surface area is 149 Å². The van der Waals surface area contributed by atoms with Crippen LogP contribution in [0, 0.1) is 11.3 Å². The van der Waals surface area contributed by atoms with Crippen molar-refractivity contribution in [1.82, 2.24) is 5.32 Å². The Hall–Kier alpha value is -3.01. The third-order valence-electron chi connectivity index (χ3n) is 3.71. The zero-order valence-electron chi connectivity index (χ0n) is 14.0. The molecule has 1 N–H and O–H groups in total. The van der Waals surface area contributed by atoms with Crippen molar-refractivity contribution in [2.75, 3.05) is 0 Å². The average molecular weight is 362 g/mol. The van der Waals surface area contributed by atoms with Gasteiger partial charge < -0.3 is 10.1 Å². The van der Waals surface area contributed by atoms with Crippen molar-refractivity contribution < 1.29 is 22.7 Å². The van der Waals surface area contributed by atoms with Crippen LogP contribution in [-0.2, 0) is 11.2 Å². The van der Waals surface area contributed by atoms with Crippen LogP contribution >= 0.6 is 0 Å². The maximum absolute atomic E-state index is 12.1. The van der Waals surface area contributed by atoms with Crippen molar-refractivity contribution in [2.45, 2.75) is 32.2 Å². The molecule has 0 fully saturated rings. The van der Waals surface area contributed by atoms with Gasteiger partial charge in [0.05, 0.1) is 17.7 Å².